The maximum absolute atomic E-state index is 5.07. The summed E-state index contributed by atoms with van der Waals surface area (Å²) in [5.74, 6) is 0.709. The van der Waals surface area contributed by atoms with E-state index in [1.165, 1.54) is 33.0 Å². The van der Waals surface area contributed by atoms with E-state index < -0.39 is 0 Å². The predicted molar refractivity (Wildman–Crippen MR) is 247 cm³/mol. The van der Waals surface area contributed by atoms with Crippen molar-refractivity contribution in [3.8, 4) is 67.3 Å². The summed E-state index contributed by atoms with van der Waals surface area (Å²) in [6, 6.07) is 83.5. The highest BCUT2D eigenvalue weighted by Crippen LogP contribution is 2.37. The molecular formula is C56H39N3. The summed E-state index contributed by atoms with van der Waals surface area (Å²) in [5, 5.41) is 2.40. The Kier molecular flexibility index (Phi) is 9.59. The Morgan fingerprint density at radius 2 is 0.593 bits per heavy atom. The van der Waals surface area contributed by atoms with Crippen molar-refractivity contribution < 1.29 is 0 Å². The lowest BCUT2D eigenvalue weighted by molar-refractivity contribution is 1.18. The van der Waals surface area contributed by atoms with Crippen molar-refractivity contribution in [1.82, 2.24) is 9.97 Å². The molecule has 10 rings (SSSR count). The van der Waals surface area contributed by atoms with Gasteiger partial charge in [-0.3, -0.25) is 0 Å². The van der Waals surface area contributed by atoms with Crippen LogP contribution in [0.25, 0.3) is 78.1 Å². The third kappa shape index (κ3) is 7.53. The van der Waals surface area contributed by atoms with Crippen LogP contribution < -0.4 is 4.90 Å². The molecule has 0 radical (unpaired) electrons. The molecule has 1 heterocycles. The number of benzene rings is 9. The number of hydrogen-bond donors (Lipinski definition) is 0. The first-order valence-corrected chi connectivity index (χ1v) is 20.0. The van der Waals surface area contributed by atoms with Gasteiger partial charge in [-0.1, -0.05) is 188 Å². The van der Waals surface area contributed by atoms with Gasteiger partial charge < -0.3 is 4.90 Å². The molecule has 278 valence electrons. The molecule has 0 bridgehead atoms. The summed E-state index contributed by atoms with van der Waals surface area (Å²) in [6.07, 6.45) is 0. The average Bonchev–Trinajstić information content (AvgIpc) is 3.33. The van der Waals surface area contributed by atoms with Gasteiger partial charge in [0.05, 0.1) is 11.4 Å². The number of rotatable bonds is 9. The molecule has 10 aromatic rings. The second-order valence-corrected chi connectivity index (χ2v) is 14.7. The van der Waals surface area contributed by atoms with Gasteiger partial charge in [0, 0.05) is 33.8 Å². The van der Waals surface area contributed by atoms with E-state index in [0.29, 0.717) is 5.82 Å². The predicted octanol–water partition coefficient (Wildman–Crippen LogP) is 15.1. The lowest BCUT2D eigenvalue weighted by Gasteiger charge is -2.26. The van der Waals surface area contributed by atoms with Crippen LogP contribution >= 0.6 is 0 Å². The highest BCUT2D eigenvalue weighted by Gasteiger charge is 2.15. The van der Waals surface area contributed by atoms with Crippen molar-refractivity contribution in [2.75, 3.05) is 4.90 Å². The molecule has 0 fully saturated rings. The maximum Gasteiger partial charge on any atom is 0.160 e. The highest BCUT2D eigenvalue weighted by molar-refractivity contribution is 5.88. The molecule has 0 unspecified atom stereocenters. The van der Waals surface area contributed by atoms with E-state index in [1.54, 1.807) is 0 Å². The minimum absolute atomic E-state index is 0.709. The smallest absolute Gasteiger partial charge is 0.160 e. The zero-order valence-corrected chi connectivity index (χ0v) is 32.4. The van der Waals surface area contributed by atoms with E-state index in [1.807, 2.05) is 18.2 Å². The molecule has 3 heteroatoms. The van der Waals surface area contributed by atoms with Gasteiger partial charge in [-0.2, -0.15) is 0 Å². The fraction of sp³-hybridized carbons (Fsp3) is 0. The Bertz CT molecular complexity index is 2980. The molecule has 3 nitrogen and oxygen atoms in total. The summed E-state index contributed by atoms with van der Waals surface area (Å²) >= 11 is 0. The van der Waals surface area contributed by atoms with Crippen LogP contribution in [0.3, 0.4) is 0 Å². The van der Waals surface area contributed by atoms with Crippen LogP contribution in [0.15, 0.2) is 237 Å². The number of aromatic nitrogens is 2. The van der Waals surface area contributed by atoms with Crippen LogP contribution in [-0.4, -0.2) is 9.97 Å². The van der Waals surface area contributed by atoms with Gasteiger partial charge in [-0.25, -0.2) is 9.97 Å². The van der Waals surface area contributed by atoms with Crippen LogP contribution in [0, 0.1) is 0 Å². The average molecular weight is 754 g/mol. The van der Waals surface area contributed by atoms with Crippen molar-refractivity contribution in [3.05, 3.63) is 237 Å². The van der Waals surface area contributed by atoms with Crippen molar-refractivity contribution in [1.29, 1.82) is 0 Å². The number of fused-ring (bicyclic) bond motifs is 1. The largest absolute Gasteiger partial charge is 0.311 e. The summed E-state index contributed by atoms with van der Waals surface area (Å²) < 4.78 is 0. The Morgan fingerprint density at radius 3 is 1.12 bits per heavy atom. The fourth-order valence-electron chi connectivity index (χ4n) is 7.76. The molecule has 0 N–H and O–H groups in total. The first-order valence-electron chi connectivity index (χ1n) is 20.0. The fourth-order valence-corrected chi connectivity index (χ4v) is 7.76. The second-order valence-electron chi connectivity index (χ2n) is 14.7. The molecule has 0 spiro atoms. The number of nitrogens with zero attached hydrogens (tertiary/aromatic N) is 3. The van der Waals surface area contributed by atoms with E-state index >= 15 is 0 Å². The molecule has 0 saturated heterocycles. The van der Waals surface area contributed by atoms with E-state index in [-0.39, 0.29) is 0 Å². The van der Waals surface area contributed by atoms with Crippen molar-refractivity contribution in [3.63, 3.8) is 0 Å². The van der Waals surface area contributed by atoms with E-state index in [9.17, 15) is 0 Å². The molecular weight excluding hydrogens is 715 g/mol. The molecule has 0 aliphatic carbocycles. The number of para-hydroxylation sites is 1. The van der Waals surface area contributed by atoms with Crippen molar-refractivity contribution >= 4 is 27.8 Å². The number of hydrogen-bond acceptors (Lipinski definition) is 3. The quantitative estimate of drug-likeness (QED) is 0.147. The zero-order chi connectivity index (χ0) is 39.4. The highest BCUT2D eigenvalue weighted by atomic mass is 15.1. The maximum atomic E-state index is 5.07. The topological polar surface area (TPSA) is 29.0 Å². The lowest BCUT2D eigenvalue weighted by Crippen LogP contribution is -2.09. The van der Waals surface area contributed by atoms with Crippen LogP contribution in [0.4, 0.5) is 17.1 Å². The Hall–Kier alpha value is -7.88. The molecule has 9 aromatic carbocycles. The zero-order valence-electron chi connectivity index (χ0n) is 32.4. The van der Waals surface area contributed by atoms with Crippen molar-refractivity contribution in [2.45, 2.75) is 0 Å². The molecule has 0 aliphatic rings. The lowest BCUT2D eigenvalue weighted by atomic mass is 9.99. The van der Waals surface area contributed by atoms with E-state index in [0.717, 1.165) is 56.3 Å². The number of anilines is 3. The van der Waals surface area contributed by atoms with Gasteiger partial charge in [-0.05, 0) is 92.7 Å². The first-order chi connectivity index (χ1) is 29.2. The normalized spacial score (nSPS) is 11.1. The molecule has 1 aromatic heterocycles. The van der Waals surface area contributed by atoms with Crippen LogP contribution in [-0.2, 0) is 0 Å². The molecule has 0 atom stereocenters. The standard InChI is InChI=1S/C56H39N3/c1-4-12-40(13-5-1)42-20-22-43(23-21-42)45-30-34-52(35-31-45)59(51-18-8-3-9-19-51)53-36-32-46(33-37-53)44-24-27-47(28-25-44)54-39-55(58-56(57-54)48-15-6-2-7-16-48)50-29-26-41-14-10-11-17-49(41)38-50/h1-39H. The van der Waals surface area contributed by atoms with Gasteiger partial charge in [0.1, 0.15) is 0 Å². The van der Waals surface area contributed by atoms with Crippen molar-refractivity contribution in [2.24, 2.45) is 0 Å². The van der Waals surface area contributed by atoms with Gasteiger partial charge in [-0.15, -0.1) is 0 Å². The second kappa shape index (κ2) is 15.9. The van der Waals surface area contributed by atoms with Crippen LogP contribution in [0.5, 0.6) is 0 Å². The van der Waals surface area contributed by atoms with Gasteiger partial charge >= 0.3 is 0 Å². The Balaban J connectivity index is 0.928. The molecule has 0 amide bonds. The van der Waals surface area contributed by atoms with Gasteiger partial charge in [0.2, 0.25) is 0 Å². The summed E-state index contributed by atoms with van der Waals surface area (Å²) in [6.45, 7) is 0. The van der Waals surface area contributed by atoms with Gasteiger partial charge in [0.25, 0.3) is 0 Å². The summed E-state index contributed by atoms with van der Waals surface area (Å²) in [4.78, 5) is 12.4. The minimum atomic E-state index is 0.709. The molecule has 0 aliphatic heterocycles. The molecule has 0 saturated carbocycles. The SMILES string of the molecule is c1ccc(-c2ccc(-c3ccc(N(c4ccccc4)c4ccc(-c5ccc(-c6cc(-c7ccc8ccccc8c7)nc(-c7ccccc7)n6)cc5)cc4)cc3)cc2)cc1. The van der Waals surface area contributed by atoms with Crippen LogP contribution in [0.1, 0.15) is 0 Å². The molecule has 59 heavy (non-hydrogen) atoms. The van der Waals surface area contributed by atoms with E-state index in [4.69, 9.17) is 9.97 Å². The van der Waals surface area contributed by atoms with E-state index in [2.05, 4.69) is 223 Å². The Labute approximate surface area is 345 Å². The third-order valence-corrected chi connectivity index (χ3v) is 10.9. The monoisotopic (exact) mass is 753 g/mol. The van der Waals surface area contributed by atoms with Crippen LogP contribution in [0.2, 0.25) is 0 Å². The Morgan fingerprint density at radius 1 is 0.237 bits per heavy atom. The third-order valence-electron chi connectivity index (χ3n) is 10.9. The summed E-state index contributed by atoms with van der Waals surface area (Å²) in [7, 11) is 0. The first kappa shape index (κ1) is 35.5. The minimum Gasteiger partial charge on any atom is -0.311 e. The van der Waals surface area contributed by atoms with Gasteiger partial charge in [0.15, 0.2) is 5.82 Å². The summed E-state index contributed by atoms with van der Waals surface area (Å²) in [5.41, 5.74) is 15.3.